The van der Waals surface area contributed by atoms with Crippen molar-refractivity contribution >= 4 is 40.3 Å². The molecule has 0 aliphatic carbocycles. The summed E-state index contributed by atoms with van der Waals surface area (Å²) in [5.74, 6) is -1.02. The number of carbonyl (C=O) groups is 1. The smallest absolute Gasteiger partial charge is 0.287 e. The molecule has 1 amide bonds. The Kier molecular flexibility index (Phi) is 6.86. The van der Waals surface area contributed by atoms with E-state index in [9.17, 15) is 13.6 Å². The second-order valence-corrected chi connectivity index (χ2v) is 10.2. The molecule has 0 unspecified atom stereocenters. The maximum atomic E-state index is 13.3. The molecule has 4 heterocycles. The van der Waals surface area contributed by atoms with Gasteiger partial charge in [0.15, 0.2) is 18.2 Å². The van der Waals surface area contributed by atoms with Crippen LogP contribution in [0.5, 0.6) is 17.5 Å². The molecular formula is C22H24ClF2N5O3S. The molecule has 0 radical (unpaired) electrons. The molecular weight excluding hydrogens is 488 g/mol. The van der Waals surface area contributed by atoms with Gasteiger partial charge in [-0.15, -0.1) is 0 Å². The van der Waals surface area contributed by atoms with E-state index in [-0.39, 0.29) is 39.8 Å². The van der Waals surface area contributed by atoms with E-state index in [1.807, 2.05) is 18.7 Å². The van der Waals surface area contributed by atoms with Crippen molar-refractivity contribution in [1.29, 1.82) is 0 Å². The third-order valence-electron chi connectivity index (χ3n) is 5.42. The lowest BCUT2D eigenvalue weighted by Gasteiger charge is -2.34. The van der Waals surface area contributed by atoms with Gasteiger partial charge in [-0.25, -0.2) is 23.7 Å². The minimum atomic E-state index is -3.05. The average molecular weight is 512 g/mol. The maximum Gasteiger partial charge on any atom is 0.287 e. The molecule has 0 bridgehead atoms. The molecule has 1 N–H and O–H groups in total. The Hall–Kier alpha value is -2.66. The van der Waals surface area contributed by atoms with Gasteiger partial charge in [0.25, 0.3) is 17.7 Å². The number of pyridine rings is 2. The second kappa shape index (κ2) is 9.53. The van der Waals surface area contributed by atoms with E-state index in [1.165, 1.54) is 18.5 Å². The standard InChI is InChI=1S/C22H24ClF2N5O3S/c1-21(4-6-34-7-5-21)29-19(31)18-28-14-11-26-17(9-15(14)30(18)3)33-20-16(8-13(23)10-27-20)32-12-22(2,24)25/h8-11H,4-7,12H2,1-3H3,(H,29,31). The molecule has 0 spiro atoms. The van der Waals surface area contributed by atoms with Crippen LogP contribution in [0.25, 0.3) is 11.0 Å². The topological polar surface area (TPSA) is 91.2 Å². The fraction of sp³-hybridized carbons (Fsp3) is 0.455. The number of aryl methyl sites for hydroxylation is 1. The number of carbonyl (C=O) groups excluding carboxylic acids is 1. The monoisotopic (exact) mass is 511 g/mol. The molecule has 3 aromatic rings. The van der Waals surface area contributed by atoms with Crippen molar-refractivity contribution in [3.8, 4) is 17.5 Å². The molecule has 182 valence electrons. The van der Waals surface area contributed by atoms with Crippen molar-refractivity contribution in [3.63, 3.8) is 0 Å². The fourth-order valence-corrected chi connectivity index (χ4v) is 5.05. The number of nitrogens with zero attached hydrogens (tertiary/aromatic N) is 4. The van der Waals surface area contributed by atoms with Gasteiger partial charge >= 0.3 is 0 Å². The molecule has 1 saturated heterocycles. The summed E-state index contributed by atoms with van der Waals surface area (Å²) in [6.07, 6.45) is 4.57. The molecule has 34 heavy (non-hydrogen) atoms. The van der Waals surface area contributed by atoms with Crippen molar-refractivity contribution in [2.24, 2.45) is 7.05 Å². The van der Waals surface area contributed by atoms with Crippen LogP contribution in [0.1, 0.15) is 37.3 Å². The first-order valence-corrected chi connectivity index (χ1v) is 12.1. The first-order chi connectivity index (χ1) is 16.0. The van der Waals surface area contributed by atoms with Crippen LogP contribution in [0, 0.1) is 0 Å². The number of alkyl halides is 2. The van der Waals surface area contributed by atoms with Gasteiger partial charge in [-0.2, -0.15) is 11.8 Å². The maximum absolute atomic E-state index is 13.3. The van der Waals surface area contributed by atoms with Crippen molar-refractivity contribution in [1.82, 2.24) is 24.8 Å². The van der Waals surface area contributed by atoms with Crippen molar-refractivity contribution < 1.29 is 23.0 Å². The van der Waals surface area contributed by atoms with Crippen LogP contribution in [0.2, 0.25) is 5.02 Å². The minimum Gasteiger partial charge on any atom is -0.482 e. The van der Waals surface area contributed by atoms with E-state index < -0.39 is 12.5 Å². The van der Waals surface area contributed by atoms with Gasteiger partial charge < -0.3 is 19.4 Å². The predicted octanol–water partition coefficient (Wildman–Crippen LogP) is 4.86. The molecule has 0 aromatic carbocycles. The molecule has 0 saturated carbocycles. The summed E-state index contributed by atoms with van der Waals surface area (Å²) >= 11 is 7.81. The SMILES string of the molecule is Cn1c(C(=O)NC2(C)CCSCC2)nc2cnc(Oc3ncc(Cl)cc3OCC(C)(F)F)cc21. The van der Waals surface area contributed by atoms with Gasteiger partial charge in [-0.3, -0.25) is 4.79 Å². The largest absolute Gasteiger partial charge is 0.482 e. The number of hydrogen-bond acceptors (Lipinski definition) is 7. The number of rotatable bonds is 7. The molecule has 8 nitrogen and oxygen atoms in total. The zero-order valence-electron chi connectivity index (χ0n) is 18.9. The Balaban J connectivity index is 1.57. The van der Waals surface area contributed by atoms with E-state index in [1.54, 1.807) is 17.7 Å². The second-order valence-electron chi connectivity index (χ2n) is 8.55. The van der Waals surface area contributed by atoms with Crippen LogP contribution >= 0.6 is 23.4 Å². The van der Waals surface area contributed by atoms with Crippen molar-refractivity contribution in [3.05, 3.63) is 35.4 Å². The molecule has 4 rings (SSSR count). The van der Waals surface area contributed by atoms with Gasteiger partial charge in [-0.1, -0.05) is 11.6 Å². The molecule has 1 aliphatic heterocycles. The van der Waals surface area contributed by atoms with Crippen LogP contribution in [0.15, 0.2) is 24.5 Å². The highest BCUT2D eigenvalue weighted by Crippen LogP contribution is 2.33. The zero-order chi connectivity index (χ0) is 24.5. The van der Waals surface area contributed by atoms with Gasteiger partial charge in [0.2, 0.25) is 5.88 Å². The molecule has 1 aliphatic rings. The van der Waals surface area contributed by atoms with Gasteiger partial charge in [-0.05, 0) is 31.3 Å². The number of nitrogens with one attached hydrogen (secondary N) is 1. The van der Waals surface area contributed by atoms with Gasteiger partial charge in [0, 0.05) is 37.8 Å². The summed E-state index contributed by atoms with van der Waals surface area (Å²) in [7, 11) is 1.73. The number of fused-ring (bicyclic) bond motifs is 1. The molecule has 3 aromatic heterocycles. The van der Waals surface area contributed by atoms with E-state index >= 15 is 0 Å². The Morgan fingerprint density at radius 2 is 2.03 bits per heavy atom. The number of hydrogen-bond donors (Lipinski definition) is 1. The first-order valence-electron chi connectivity index (χ1n) is 10.6. The summed E-state index contributed by atoms with van der Waals surface area (Å²) in [5.41, 5.74) is 0.852. The van der Waals surface area contributed by atoms with Crippen LogP contribution < -0.4 is 14.8 Å². The van der Waals surface area contributed by atoms with Crippen LogP contribution in [-0.2, 0) is 7.05 Å². The Morgan fingerprint density at radius 1 is 1.29 bits per heavy atom. The zero-order valence-corrected chi connectivity index (χ0v) is 20.5. The lowest BCUT2D eigenvalue weighted by molar-refractivity contribution is -0.0235. The lowest BCUT2D eigenvalue weighted by atomic mass is 9.95. The first kappa shape index (κ1) is 24.5. The summed E-state index contributed by atoms with van der Waals surface area (Å²) < 4.78 is 39.0. The third kappa shape index (κ3) is 5.69. The Labute approximate surface area is 204 Å². The average Bonchev–Trinajstić information content (AvgIpc) is 3.10. The highest BCUT2D eigenvalue weighted by molar-refractivity contribution is 7.99. The molecule has 0 atom stereocenters. The summed E-state index contributed by atoms with van der Waals surface area (Å²) in [6.45, 7) is 1.92. The number of thioether (sulfide) groups is 1. The fourth-order valence-electron chi connectivity index (χ4n) is 3.50. The Morgan fingerprint density at radius 3 is 2.74 bits per heavy atom. The Bertz CT molecular complexity index is 1210. The summed E-state index contributed by atoms with van der Waals surface area (Å²) in [4.78, 5) is 25.6. The molecule has 1 fully saturated rings. The third-order valence-corrected chi connectivity index (χ3v) is 6.62. The van der Waals surface area contributed by atoms with Crippen LogP contribution in [0.4, 0.5) is 8.78 Å². The van der Waals surface area contributed by atoms with E-state index in [0.29, 0.717) is 11.0 Å². The van der Waals surface area contributed by atoms with Crippen molar-refractivity contribution in [2.75, 3.05) is 18.1 Å². The predicted molar refractivity (Wildman–Crippen MR) is 126 cm³/mol. The number of imidazole rings is 1. The van der Waals surface area contributed by atoms with Crippen molar-refractivity contribution in [2.45, 2.75) is 38.2 Å². The number of amides is 1. The molecule has 12 heteroatoms. The van der Waals surface area contributed by atoms with Crippen LogP contribution in [0.3, 0.4) is 0 Å². The lowest BCUT2D eigenvalue weighted by Crippen LogP contribution is -2.48. The van der Waals surface area contributed by atoms with Gasteiger partial charge in [0.05, 0.1) is 16.7 Å². The highest BCUT2D eigenvalue weighted by atomic mass is 35.5. The summed E-state index contributed by atoms with van der Waals surface area (Å²) in [6, 6.07) is 2.93. The highest BCUT2D eigenvalue weighted by Gasteiger charge is 2.30. The number of halogens is 3. The number of aromatic nitrogens is 4. The quantitative estimate of drug-likeness (QED) is 0.484. The van der Waals surface area contributed by atoms with E-state index in [2.05, 4.69) is 20.3 Å². The minimum absolute atomic E-state index is 0.0418. The van der Waals surface area contributed by atoms with E-state index in [0.717, 1.165) is 31.3 Å². The van der Waals surface area contributed by atoms with Gasteiger partial charge in [0.1, 0.15) is 5.52 Å². The normalized spacial score (nSPS) is 15.8. The van der Waals surface area contributed by atoms with E-state index in [4.69, 9.17) is 21.1 Å². The van der Waals surface area contributed by atoms with Crippen LogP contribution in [-0.4, -0.2) is 55.0 Å². The number of ether oxygens (including phenoxy) is 2. The summed E-state index contributed by atoms with van der Waals surface area (Å²) in [5, 5.41) is 3.33.